The first-order valence-corrected chi connectivity index (χ1v) is 11.8. The molecule has 0 radical (unpaired) electrons. The molecule has 10 heteroatoms. The van der Waals surface area contributed by atoms with E-state index in [1.54, 1.807) is 13.3 Å². The van der Waals surface area contributed by atoms with E-state index >= 15 is 0 Å². The number of carbonyl (C=O) groups excluding carboxylic acids is 2. The number of amides is 2. The van der Waals surface area contributed by atoms with Crippen molar-refractivity contribution in [1.82, 2.24) is 20.2 Å². The smallest absolute Gasteiger partial charge is 0.406 e. The minimum absolute atomic E-state index is 0. The summed E-state index contributed by atoms with van der Waals surface area (Å²) in [6.07, 6.45) is 6.85. The van der Waals surface area contributed by atoms with E-state index in [4.69, 9.17) is 19.2 Å². The van der Waals surface area contributed by atoms with Crippen molar-refractivity contribution >= 4 is 12.0 Å². The standard InChI is InChI=1S/C23H36N4O6.CH4/c1-16(27(17-9-10-17)22(28)20-8-4-5-12-32-20)19-15-25-21(33-14-13-30-2)18(26-19)7-6-11-24-23(29)31-3;/h15-17,20H,4-14H2,1-3H3,(H,24,29);1H4/t16-,20-;/m1./s1. The van der Waals surface area contributed by atoms with Crippen LogP contribution in [0.15, 0.2) is 6.20 Å². The minimum atomic E-state index is -0.469. The molecule has 1 saturated heterocycles. The van der Waals surface area contributed by atoms with Crippen molar-refractivity contribution in [1.29, 1.82) is 0 Å². The number of aryl methyl sites for hydroxylation is 1. The van der Waals surface area contributed by atoms with Crippen LogP contribution in [0.25, 0.3) is 0 Å². The second kappa shape index (κ2) is 14.1. The lowest BCUT2D eigenvalue weighted by atomic mass is 10.1. The molecule has 1 aliphatic heterocycles. The van der Waals surface area contributed by atoms with Gasteiger partial charge in [0.2, 0.25) is 5.88 Å². The Labute approximate surface area is 202 Å². The van der Waals surface area contributed by atoms with E-state index in [0.717, 1.165) is 37.8 Å². The predicted molar refractivity (Wildman–Crippen MR) is 127 cm³/mol. The molecule has 1 aromatic rings. The molecule has 2 fully saturated rings. The third-order valence-electron chi connectivity index (χ3n) is 5.89. The lowest BCUT2D eigenvalue weighted by Crippen LogP contribution is -2.44. The van der Waals surface area contributed by atoms with E-state index in [1.807, 2.05) is 11.8 Å². The molecule has 0 unspecified atom stereocenters. The summed E-state index contributed by atoms with van der Waals surface area (Å²) in [6.45, 7) is 3.88. The maximum absolute atomic E-state index is 13.3. The van der Waals surface area contributed by atoms with Gasteiger partial charge in [-0.15, -0.1) is 0 Å². The number of nitrogens with one attached hydrogen (secondary N) is 1. The Morgan fingerprint density at radius 2 is 2.03 bits per heavy atom. The lowest BCUT2D eigenvalue weighted by molar-refractivity contribution is -0.149. The summed E-state index contributed by atoms with van der Waals surface area (Å²) in [7, 11) is 2.94. The zero-order valence-corrected chi connectivity index (χ0v) is 19.9. The maximum atomic E-state index is 13.3. The molecule has 1 N–H and O–H groups in total. The van der Waals surface area contributed by atoms with Gasteiger partial charge >= 0.3 is 6.09 Å². The second-order valence-electron chi connectivity index (χ2n) is 8.42. The Balaban J connectivity index is 0.00000408. The summed E-state index contributed by atoms with van der Waals surface area (Å²) in [6, 6.07) is 0.00755. The number of ether oxygens (including phenoxy) is 4. The first-order chi connectivity index (χ1) is 16.0. The third-order valence-corrected chi connectivity index (χ3v) is 5.89. The van der Waals surface area contributed by atoms with Crippen LogP contribution in [-0.2, 0) is 25.4 Å². The first kappa shape index (κ1) is 27.8. The first-order valence-electron chi connectivity index (χ1n) is 11.8. The Hall–Kier alpha value is -2.46. The molecule has 0 aromatic carbocycles. The van der Waals surface area contributed by atoms with Crippen molar-refractivity contribution in [2.45, 2.75) is 77.5 Å². The summed E-state index contributed by atoms with van der Waals surface area (Å²) in [4.78, 5) is 35.9. The summed E-state index contributed by atoms with van der Waals surface area (Å²) in [5.41, 5.74) is 1.42. The summed E-state index contributed by atoms with van der Waals surface area (Å²) in [5, 5.41) is 2.67. The SMILES string of the molecule is C.COCCOc1ncc([C@@H](C)N(C(=O)[C@H]2CCCCO2)C2CC2)nc1CCCNC(=O)OC. The van der Waals surface area contributed by atoms with Gasteiger partial charge in [-0.05, 0) is 51.9 Å². The topological polar surface area (TPSA) is 112 Å². The van der Waals surface area contributed by atoms with E-state index in [-0.39, 0.29) is 31.5 Å². The van der Waals surface area contributed by atoms with Crippen LogP contribution in [0.2, 0.25) is 0 Å². The van der Waals surface area contributed by atoms with Gasteiger partial charge in [0, 0.05) is 26.3 Å². The summed E-state index contributed by atoms with van der Waals surface area (Å²) in [5.74, 6) is 0.497. The molecule has 1 aromatic heterocycles. The quantitative estimate of drug-likeness (QED) is 0.454. The van der Waals surface area contributed by atoms with E-state index < -0.39 is 6.09 Å². The molecule has 10 nitrogen and oxygen atoms in total. The van der Waals surface area contributed by atoms with Crippen LogP contribution < -0.4 is 10.1 Å². The zero-order valence-electron chi connectivity index (χ0n) is 19.9. The van der Waals surface area contributed by atoms with E-state index in [1.165, 1.54) is 7.11 Å². The summed E-state index contributed by atoms with van der Waals surface area (Å²) < 4.78 is 21.2. The highest BCUT2D eigenvalue weighted by Gasteiger charge is 2.40. The summed E-state index contributed by atoms with van der Waals surface area (Å²) >= 11 is 0. The molecule has 2 aliphatic rings. The number of nitrogens with zero attached hydrogens (tertiary/aromatic N) is 3. The highest BCUT2D eigenvalue weighted by atomic mass is 16.5. The van der Waals surface area contributed by atoms with Crippen LogP contribution in [0.5, 0.6) is 5.88 Å². The normalized spacial score (nSPS) is 18.4. The van der Waals surface area contributed by atoms with Crippen LogP contribution in [0.4, 0.5) is 4.79 Å². The maximum Gasteiger partial charge on any atom is 0.406 e. The van der Waals surface area contributed by atoms with Gasteiger partial charge < -0.3 is 29.2 Å². The Bertz CT molecular complexity index is 783. The molecule has 0 spiro atoms. The monoisotopic (exact) mass is 480 g/mol. The van der Waals surface area contributed by atoms with Crippen LogP contribution in [0.1, 0.15) is 70.3 Å². The fraction of sp³-hybridized carbons (Fsp3) is 0.750. The number of carbonyl (C=O) groups is 2. The Morgan fingerprint density at radius 3 is 2.68 bits per heavy atom. The fourth-order valence-electron chi connectivity index (χ4n) is 3.94. The van der Waals surface area contributed by atoms with Crippen molar-refractivity contribution in [3.63, 3.8) is 0 Å². The van der Waals surface area contributed by atoms with Crippen LogP contribution >= 0.6 is 0 Å². The van der Waals surface area contributed by atoms with E-state index in [9.17, 15) is 9.59 Å². The third kappa shape index (κ3) is 7.80. The van der Waals surface area contributed by atoms with Gasteiger partial charge in [0.1, 0.15) is 18.4 Å². The average Bonchev–Trinajstić information content (AvgIpc) is 3.68. The molecule has 1 saturated carbocycles. The highest BCUT2D eigenvalue weighted by molar-refractivity contribution is 5.82. The second-order valence-corrected chi connectivity index (χ2v) is 8.42. The minimum Gasteiger partial charge on any atom is -0.474 e. The van der Waals surface area contributed by atoms with E-state index in [0.29, 0.717) is 50.8 Å². The Morgan fingerprint density at radius 1 is 1.24 bits per heavy atom. The fourth-order valence-corrected chi connectivity index (χ4v) is 3.94. The number of rotatable bonds is 12. The number of hydrogen-bond donors (Lipinski definition) is 1. The largest absolute Gasteiger partial charge is 0.474 e. The van der Waals surface area contributed by atoms with Gasteiger partial charge in [-0.2, -0.15) is 0 Å². The zero-order chi connectivity index (χ0) is 23.6. The number of aromatic nitrogens is 2. The Kier molecular flexibility index (Phi) is 11.5. The van der Waals surface area contributed by atoms with Crippen molar-refractivity contribution in [3.8, 4) is 5.88 Å². The van der Waals surface area contributed by atoms with Crippen LogP contribution in [-0.4, -0.2) is 79.6 Å². The van der Waals surface area contributed by atoms with Gasteiger partial charge in [0.05, 0.1) is 31.6 Å². The molecule has 34 heavy (non-hydrogen) atoms. The van der Waals surface area contributed by atoms with Crippen molar-refractivity contribution < 1.29 is 28.5 Å². The molecule has 192 valence electrons. The average molecular weight is 481 g/mol. The molecule has 2 atom stereocenters. The van der Waals surface area contributed by atoms with Gasteiger partial charge in [-0.25, -0.2) is 14.8 Å². The molecule has 3 rings (SSSR count). The van der Waals surface area contributed by atoms with Crippen molar-refractivity contribution in [2.75, 3.05) is 40.6 Å². The van der Waals surface area contributed by atoms with Crippen LogP contribution in [0, 0.1) is 0 Å². The molecule has 1 aliphatic carbocycles. The number of hydrogen-bond acceptors (Lipinski definition) is 8. The molecule has 0 bridgehead atoms. The molecular weight excluding hydrogens is 440 g/mol. The van der Waals surface area contributed by atoms with Gasteiger partial charge in [-0.3, -0.25) is 4.79 Å². The lowest BCUT2D eigenvalue weighted by Gasteiger charge is -2.33. The van der Waals surface area contributed by atoms with E-state index in [2.05, 4.69) is 15.0 Å². The number of alkyl carbamates (subject to hydrolysis) is 1. The van der Waals surface area contributed by atoms with Crippen molar-refractivity contribution in [3.05, 3.63) is 17.6 Å². The molecular formula is C24H40N4O6. The highest BCUT2D eigenvalue weighted by Crippen LogP contribution is 2.36. The van der Waals surface area contributed by atoms with Crippen molar-refractivity contribution in [2.24, 2.45) is 0 Å². The van der Waals surface area contributed by atoms with Gasteiger partial charge in [0.25, 0.3) is 5.91 Å². The van der Waals surface area contributed by atoms with Gasteiger partial charge in [0.15, 0.2) is 0 Å². The number of methoxy groups -OCH3 is 2. The van der Waals surface area contributed by atoms with Crippen LogP contribution in [0.3, 0.4) is 0 Å². The molecule has 2 amide bonds. The van der Waals surface area contributed by atoms with Gasteiger partial charge in [-0.1, -0.05) is 7.43 Å². The molecule has 2 heterocycles. The predicted octanol–water partition coefficient (Wildman–Crippen LogP) is 3.05.